The highest BCUT2D eigenvalue weighted by Gasteiger charge is 2.23. The zero-order valence-corrected chi connectivity index (χ0v) is 14.5. The van der Waals surface area contributed by atoms with Crippen LogP contribution in [0.15, 0.2) is 23.7 Å². The van der Waals surface area contributed by atoms with E-state index in [4.69, 9.17) is 4.74 Å². The molecule has 1 fully saturated rings. The number of benzene rings is 1. The first-order valence-corrected chi connectivity index (χ1v) is 8.68. The predicted octanol–water partition coefficient (Wildman–Crippen LogP) is 3.23. The molecule has 3 rings (SSSR count). The van der Waals surface area contributed by atoms with Crippen molar-refractivity contribution in [3.63, 3.8) is 0 Å². The molecular weight excluding hydrogens is 326 g/mol. The second kappa shape index (κ2) is 7.00. The van der Waals surface area contributed by atoms with Crippen molar-refractivity contribution in [1.82, 2.24) is 4.98 Å². The minimum atomic E-state index is -0.198. The van der Waals surface area contributed by atoms with Gasteiger partial charge in [-0.2, -0.15) is 0 Å². The highest BCUT2D eigenvalue weighted by molar-refractivity contribution is 7.12. The number of anilines is 2. The van der Waals surface area contributed by atoms with Crippen LogP contribution in [0.4, 0.5) is 11.4 Å². The molecule has 1 aliphatic rings. The van der Waals surface area contributed by atoms with Crippen molar-refractivity contribution in [3.05, 3.63) is 34.3 Å². The van der Waals surface area contributed by atoms with Gasteiger partial charge in [-0.25, -0.2) is 4.98 Å². The van der Waals surface area contributed by atoms with Crippen LogP contribution in [-0.4, -0.2) is 30.5 Å². The van der Waals surface area contributed by atoms with Crippen molar-refractivity contribution in [2.24, 2.45) is 0 Å². The molecule has 126 valence electrons. The summed E-state index contributed by atoms with van der Waals surface area (Å²) in [5.41, 5.74) is 3.68. The lowest BCUT2D eigenvalue weighted by Crippen LogP contribution is -2.35. The molecule has 24 heavy (non-hydrogen) atoms. The van der Waals surface area contributed by atoms with E-state index in [0.29, 0.717) is 40.7 Å². The van der Waals surface area contributed by atoms with Gasteiger partial charge in [-0.3, -0.25) is 9.59 Å². The van der Waals surface area contributed by atoms with Gasteiger partial charge < -0.3 is 15.0 Å². The van der Waals surface area contributed by atoms with E-state index in [2.05, 4.69) is 10.3 Å². The minimum absolute atomic E-state index is 0.0846. The number of thiazole rings is 1. The van der Waals surface area contributed by atoms with Crippen LogP contribution in [0, 0.1) is 6.92 Å². The van der Waals surface area contributed by atoms with Gasteiger partial charge >= 0.3 is 0 Å². The fourth-order valence-corrected chi connectivity index (χ4v) is 3.44. The van der Waals surface area contributed by atoms with Gasteiger partial charge in [-0.05, 0) is 38.0 Å². The van der Waals surface area contributed by atoms with Gasteiger partial charge in [0.2, 0.25) is 5.91 Å². The lowest BCUT2D eigenvalue weighted by Gasteiger charge is -2.28. The Morgan fingerprint density at radius 2 is 2.21 bits per heavy atom. The Hall–Kier alpha value is -2.41. The number of amides is 2. The average molecular weight is 345 g/mol. The number of hydrogen-bond donors (Lipinski definition) is 1. The second-order valence-corrected chi connectivity index (χ2v) is 6.46. The fraction of sp³-hybridized carbons (Fsp3) is 0.353. The molecule has 0 spiro atoms. The SMILES string of the molecule is COc1ccc(NC(=O)c2scnc2C)cc1N1CCCCC1=O. The van der Waals surface area contributed by atoms with Crippen molar-refractivity contribution >= 4 is 34.5 Å². The normalized spacial score (nSPS) is 14.6. The first kappa shape index (κ1) is 16.4. The molecule has 0 atom stereocenters. The van der Waals surface area contributed by atoms with Crippen LogP contribution in [-0.2, 0) is 4.79 Å². The number of methoxy groups -OCH3 is 1. The number of carbonyl (C=O) groups is 2. The number of piperidine rings is 1. The monoisotopic (exact) mass is 345 g/mol. The molecule has 2 amide bonds. The predicted molar refractivity (Wildman–Crippen MR) is 94.0 cm³/mol. The van der Waals surface area contributed by atoms with Crippen molar-refractivity contribution < 1.29 is 14.3 Å². The summed E-state index contributed by atoms with van der Waals surface area (Å²) in [6.07, 6.45) is 2.42. The molecule has 0 radical (unpaired) electrons. The van der Waals surface area contributed by atoms with E-state index >= 15 is 0 Å². The molecule has 0 bridgehead atoms. The third kappa shape index (κ3) is 3.26. The van der Waals surface area contributed by atoms with Crippen molar-refractivity contribution in [3.8, 4) is 5.75 Å². The molecule has 6 nitrogen and oxygen atoms in total. The molecule has 1 aromatic heterocycles. The number of aryl methyl sites for hydroxylation is 1. The molecule has 2 heterocycles. The van der Waals surface area contributed by atoms with Crippen molar-refractivity contribution in [2.45, 2.75) is 26.2 Å². The van der Waals surface area contributed by atoms with Crippen LogP contribution < -0.4 is 15.0 Å². The van der Waals surface area contributed by atoms with E-state index in [1.165, 1.54) is 11.3 Å². The summed E-state index contributed by atoms with van der Waals surface area (Å²) < 4.78 is 5.38. The highest BCUT2D eigenvalue weighted by Crippen LogP contribution is 2.33. The summed E-state index contributed by atoms with van der Waals surface area (Å²) in [5, 5.41) is 2.87. The number of nitrogens with zero attached hydrogens (tertiary/aromatic N) is 2. The van der Waals surface area contributed by atoms with Crippen molar-refractivity contribution in [2.75, 3.05) is 23.9 Å². The topological polar surface area (TPSA) is 71.5 Å². The summed E-state index contributed by atoms with van der Waals surface area (Å²) in [7, 11) is 1.58. The van der Waals surface area contributed by atoms with Crippen LogP contribution in [0.5, 0.6) is 5.75 Å². The molecule has 1 saturated heterocycles. The van der Waals surface area contributed by atoms with Gasteiger partial charge in [0.15, 0.2) is 0 Å². The molecule has 7 heteroatoms. The maximum Gasteiger partial charge on any atom is 0.267 e. The molecular formula is C17H19N3O3S. The third-order valence-electron chi connectivity index (χ3n) is 4.00. The van der Waals surface area contributed by atoms with Crippen LogP contribution in [0.3, 0.4) is 0 Å². The fourth-order valence-electron chi connectivity index (χ4n) is 2.75. The standard InChI is InChI=1S/C17H19N3O3S/c1-11-16(24-10-18-11)17(22)19-12-6-7-14(23-2)13(9-12)20-8-4-3-5-15(20)21/h6-7,9-10H,3-5,8H2,1-2H3,(H,19,22). The van der Waals surface area contributed by atoms with Crippen molar-refractivity contribution in [1.29, 1.82) is 0 Å². The van der Waals surface area contributed by atoms with E-state index in [1.54, 1.807) is 42.6 Å². The van der Waals surface area contributed by atoms with Crippen LogP contribution in [0.25, 0.3) is 0 Å². The first-order chi connectivity index (χ1) is 11.6. The summed E-state index contributed by atoms with van der Waals surface area (Å²) in [4.78, 5) is 31.0. The highest BCUT2D eigenvalue weighted by atomic mass is 32.1. The third-order valence-corrected chi connectivity index (χ3v) is 4.93. The van der Waals surface area contributed by atoms with E-state index in [1.807, 2.05) is 0 Å². The van der Waals surface area contributed by atoms with Crippen LogP contribution >= 0.6 is 11.3 Å². The Morgan fingerprint density at radius 1 is 1.38 bits per heavy atom. The summed E-state index contributed by atoms with van der Waals surface area (Å²) in [6, 6.07) is 5.33. The molecule has 0 aliphatic carbocycles. The van der Waals surface area contributed by atoms with Gasteiger partial charge in [0.05, 0.1) is 24.0 Å². The van der Waals surface area contributed by atoms with E-state index in [0.717, 1.165) is 12.8 Å². The molecule has 0 saturated carbocycles. The van der Waals surface area contributed by atoms with E-state index in [9.17, 15) is 9.59 Å². The number of hydrogen-bond acceptors (Lipinski definition) is 5. The largest absolute Gasteiger partial charge is 0.495 e. The zero-order chi connectivity index (χ0) is 17.1. The lowest BCUT2D eigenvalue weighted by molar-refractivity contribution is -0.119. The Morgan fingerprint density at radius 3 is 2.88 bits per heavy atom. The summed E-state index contributed by atoms with van der Waals surface area (Å²) >= 11 is 1.30. The number of carbonyl (C=O) groups excluding carboxylic acids is 2. The Kier molecular flexibility index (Phi) is 4.80. The number of nitrogens with one attached hydrogen (secondary N) is 1. The first-order valence-electron chi connectivity index (χ1n) is 7.80. The maximum atomic E-state index is 12.3. The molecule has 0 unspecified atom stereocenters. The molecule has 1 aromatic carbocycles. The molecule has 1 N–H and O–H groups in total. The van der Waals surface area contributed by atoms with Gasteiger partial charge in [0, 0.05) is 18.7 Å². The number of ether oxygens (including phenoxy) is 1. The molecule has 2 aromatic rings. The molecule has 1 aliphatic heterocycles. The van der Waals surface area contributed by atoms with Gasteiger partial charge in [0.25, 0.3) is 5.91 Å². The van der Waals surface area contributed by atoms with Gasteiger partial charge in [-0.1, -0.05) is 0 Å². The van der Waals surface area contributed by atoms with Crippen LogP contribution in [0.1, 0.15) is 34.6 Å². The zero-order valence-electron chi connectivity index (χ0n) is 13.7. The van der Waals surface area contributed by atoms with Gasteiger partial charge in [-0.15, -0.1) is 11.3 Å². The maximum absolute atomic E-state index is 12.3. The van der Waals surface area contributed by atoms with Crippen LogP contribution in [0.2, 0.25) is 0 Å². The Bertz CT molecular complexity index is 772. The summed E-state index contributed by atoms with van der Waals surface area (Å²) in [5.74, 6) is 0.509. The summed E-state index contributed by atoms with van der Waals surface area (Å²) in [6.45, 7) is 2.47. The number of rotatable bonds is 4. The Labute approximate surface area is 144 Å². The smallest absolute Gasteiger partial charge is 0.267 e. The lowest BCUT2D eigenvalue weighted by atomic mass is 10.1. The average Bonchev–Trinajstić information content (AvgIpc) is 3.01. The quantitative estimate of drug-likeness (QED) is 0.923. The minimum Gasteiger partial charge on any atom is -0.495 e. The van der Waals surface area contributed by atoms with Gasteiger partial charge in [0.1, 0.15) is 10.6 Å². The Balaban J connectivity index is 1.87. The van der Waals surface area contributed by atoms with E-state index in [-0.39, 0.29) is 11.8 Å². The second-order valence-electron chi connectivity index (χ2n) is 5.61. The number of aromatic nitrogens is 1. The van der Waals surface area contributed by atoms with E-state index < -0.39 is 0 Å².